The van der Waals surface area contributed by atoms with Gasteiger partial charge in [-0.25, -0.2) is 4.79 Å². The van der Waals surface area contributed by atoms with Crippen LogP contribution >= 0.6 is 0 Å². The van der Waals surface area contributed by atoms with Gasteiger partial charge in [0.2, 0.25) is 0 Å². The number of ether oxygens (including phenoxy) is 1. The van der Waals surface area contributed by atoms with E-state index in [1.165, 1.54) is 5.56 Å². The lowest BCUT2D eigenvalue weighted by atomic mass is 9.94. The van der Waals surface area contributed by atoms with Crippen LogP contribution in [0, 0.1) is 0 Å². The second kappa shape index (κ2) is 4.76. The van der Waals surface area contributed by atoms with Crippen LogP contribution in [-0.4, -0.2) is 12.7 Å². The van der Waals surface area contributed by atoms with E-state index in [2.05, 4.69) is 12.1 Å². The molecule has 1 aliphatic rings. The van der Waals surface area contributed by atoms with Gasteiger partial charge in [-0.05, 0) is 24.1 Å². The van der Waals surface area contributed by atoms with Crippen LogP contribution in [0.1, 0.15) is 12.5 Å². The van der Waals surface area contributed by atoms with Gasteiger partial charge in [-0.3, -0.25) is 4.90 Å². The Bertz CT molecular complexity index is 622. The number of rotatable bonds is 1. The topological polar surface area (TPSA) is 29.5 Å². The summed E-state index contributed by atoms with van der Waals surface area (Å²) in [5.74, 6) is 0. The number of hydrogen-bond acceptors (Lipinski definition) is 2. The van der Waals surface area contributed by atoms with Gasteiger partial charge in [-0.1, -0.05) is 42.5 Å². The third kappa shape index (κ3) is 1.97. The second-order valence-corrected chi connectivity index (χ2v) is 4.46. The van der Waals surface area contributed by atoms with Crippen LogP contribution in [0.15, 0.2) is 48.5 Å². The first kappa shape index (κ1) is 11.8. The lowest BCUT2D eigenvalue weighted by Gasteiger charge is -2.30. The number of anilines is 1. The summed E-state index contributed by atoms with van der Waals surface area (Å²) in [6, 6.07) is 16.1. The van der Waals surface area contributed by atoms with Crippen LogP contribution in [0.2, 0.25) is 0 Å². The molecule has 0 N–H and O–H groups in total. The largest absolute Gasteiger partial charge is 0.449 e. The van der Waals surface area contributed by atoms with Crippen molar-refractivity contribution in [3.05, 3.63) is 54.1 Å². The predicted molar refractivity (Wildman–Crippen MR) is 75.1 cm³/mol. The van der Waals surface area contributed by atoms with Crippen molar-refractivity contribution >= 4 is 11.8 Å². The van der Waals surface area contributed by atoms with Crippen LogP contribution < -0.4 is 4.90 Å². The van der Waals surface area contributed by atoms with Gasteiger partial charge in [0.15, 0.2) is 0 Å². The van der Waals surface area contributed by atoms with Gasteiger partial charge in [0.1, 0.15) is 0 Å². The molecule has 1 heterocycles. The van der Waals surface area contributed by atoms with Crippen LogP contribution in [0.5, 0.6) is 0 Å². The Morgan fingerprint density at radius 2 is 1.79 bits per heavy atom. The smallest absolute Gasteiger partial charge is 0.414 e. The van der Waals surface area contributed by atoms with E-state index >= 15 is 0 Å². The van der Waals surface area contributed by atoms with E-state index in [4.69, 9.17) is 4.74 Å². The molecule has 0 saturated carbocycles. The molecule has 1 aliphatic heterocycles. The minimum absolute atomic E-state index is 0.288. The van der Waals surface area contributed by atoms with Gasteiger partial charge in [0.25, 0.3) is 0 Å². The van der Waals surface area contributed by atoms with E-state index in [1.54, 1.807) is 4.90 Å². The van der Waals surface area contributed by atoms with Crippen molar-refractivity contribution in [2.75, 3.05) is 11.5 Å². The number of fused-ring (bicyclic) bond motifs is 3. The molecule has 2 aromatic rings. The summed E-state index contributed by atoms with van der Waals surface area (Å²) in [5, 5.41) is 0. The van der Waals surface area contributed by atoms with Crippen LogP contribution in [0.3, 0.4) is 0 Å². The average Bonchev–Trinajstić information content (AvgIpc) is 2.46. The molecule has 0 fully saturated rings. The van der Waals surface area contributed by atoms with E-state index in [-0.39, 0.29) is 6.09 Å². The molecule has 1 amide bonds. The molecule has 0 aliphatic carbocycles. The van der Waals surface area contributed by atoms with E-state index in [0.717, 1.165) is 16.8 Å². The number of carbonyl (C=O) groups excluding carboxylic acids is 1. The van der Waals surface area contributed by atoms with Crippen molar-refractivity contribution < 1.29 is 9.53 Å². The molecule has 3 heteroatoms. The first-order valence-corrected chi connectivity index (χ1v) is 6.43. The highest BCUT2D eigenvalue weighted by molar-refractivity contribution is 5.96. The van der Waals surface area contributed by atoms with Gasteiger partial charge in [0.05, 0.1) is 18.8 Å². The maximum atomic E-state index is 12.1. The zero-order valence-electron chi connectivity index (χ0n) is 10.8. The number of hydrogen-bond donors (Lipinski definition) is 0. The lowest BCUT2D eigenvalue weighted by molar-refractivity contribution is 0.159. The zero-order chi connectivity index (χ0) is 13.2. The van der Waals surface area contributed by atoms with Gasteiger partial charge >= 0.3 is 6.09 Å². The summed E-state index contributed by atoms with van der Waals surface area (Å²) in [5.41, 5.74) is 4.34. The third-order valence-electron chi connectivity index (χ3n) is 3.32. The maximum Gasteiger partial charge on any atom is 0.414 e. The van der Waals surface area contributed by atoms with Crippen molar-refractivity contribution in [1.82, 2.24) is 0 Å². The zero-order valence-corrected chi connectivity index (χ0v) is 10.8. The highest BCUT2D eigenvalue weighted by Crippen LogP contribution is 2.38. The van der Waals surface area contributed by atoms with Crippen LogP contribution in [0.4, 0.5) is 10.5 Å². The van der Waals surface area contributed by atoms with E-state index < -0.39 is 0 Å². The van der Waals surface area contributed by atoms with Gasteiger partial charge < -0.3 is 4.74 Å². The summed E-state index contributed by atoms with van der Waals surface area (Å²) >= 11 is 0. The summed E-state index contributed by atoms with van der Waals surface area (Å²) < 4.78 is 5.14. The molecule has 0 atom stereocenters. The predicted octanol–water partition coefficient (Wildman–Crippen LogP) is 3.83. The molecule has 2 aromatic carbocycles. The van der Waals surface area contributed by atoms with Gasteiger partial charge in [-0.2, -0.15) is 0 Å². The summed E-state index contributed by atoms with van der Waals surface area (Å²) in [4.78, 5) is 13.8. The van der Waals surface area contributed by atoms with Crippen LogP contribution in [-0.2, 0) is 11.3 Å². The Labute approximate surface area is 112 Å². The fraction of sp³-hybridized carbons (Fsp3) is 0.188. The highest BCUT2D eigenvalue weighted by Gasteiger charge is 2.26. The molecule has 19 heavy (non-hydrogen) atoms. The first-order chi connectivity index (χ1) is 9.31. The molecule has 96 valence electrons. The minimum Gasteiger partial charge on any atom is -0.449 e. The molecule has 0 saturated heterocycles. The van der Waals surface area contributed by atoms with Crippen molar-refractivity contribution in [3.8, 4) is 11.1 Å². The SMILES string of the molecule is CCOC(=O)N1Cc2ccccc2-c2ccccc21. The Morgan fingerprint density at radius 3 is 2.58 bits per heavy atom. The molecule has 0 unspecified atom stereocenters. The first-order valence-electron chi connectivity index (χ1n) is 6.43. The highest BCUT2D eigenvalue weighted by atomic mass is 16.6. The summed E-state index contributed by atoms with van der Waals surface area (Å²) in [7, 11) is 0. The number of nitrogens with zero attached hydrogens (tertiary/aromatic N) is 1. The van der Waals surface area contributed by atoms with Gasteiger partial charge in [-0.15, -0.1) is 0 Å². The molecule has 0 bridgehead atoms. The standard InChI is InChI=1S/C16H15NO2/c1-2-19-16(18)17-11-12-7-3-4-8-13(12)14-9-5-6-10-15(14)17/h3-10H,2,11H2,1H3. The maximum absolute atomic E-state index is 12.1. The lowest BCUT2D eigenvalue weighted by Crippen LogP contribution is -2.33. The van der Waals surface area contributed by atoms with Crippen molar-refractivity contribution in [2.24, 2.45) is 0 Å². The fourth-order valence-corrected chi connectivity index (χ4v) is 2.48. The Balaban J connectivity index is 2.11. The number of benzene rings is 2. The molecular formula is C16H15NO2. The fourth-order valence-electron chi connectivity index (χ4n) is 2.48. The number of amides is 1. The molecule has 3 nitrogen and oxygen atoms in total. The summed E-state index contributed by atoms with van der Waals surface area (Å²) in [6.45, 7) is 2.77. The Hall–Kier alpha value is -2.29. The molecule has 0 radical (unpaired) electrons. The van der Waals surface area contributed by atoms with E-state index in [1.807, 2.05) is 43.3 Å². The van der Waals surface area contributed by atoms with Crippen molar-refractivity contribution in [2.45, 2.75) is 13.5 Å². The molecule has 3 rings (SSSR count). The Morgan fingerprint density at radius 1 is 1.11 bits per heavy atom. The average molecular weight is 253 g/mol. The monoisotopic (exact) mass is 253 g/mol. The van der Waals surface area contributed by atoms with E-state index in [9.17, 15) is 4.79 Å². The van der Waals surface area contributed by atoms with Crippen molar-refractivity contribution in [1.29, 1.82) is 0 Å². The third-order valence-corrected chi connectivity index (χ3v) is 3.32. The molecular weight excluding hydrogens is 238 g/mol. The number of carbonyl (C=O) groups is 1. The second-order valence-electron chi connectivity index (χ2n) is 4.46. The minimum atomic E-state index is -0.288. The van der Waals surface area contributed by atoms with E-state index in [0.29, 0.717) is 13.2 Å². The molecule has 0 spiro atoms. The van der Waals surface area contributed by atoms with Crippen LogP contribution in [0.25, 0.3) is 11.1 Å². The summed E-state index contributed by atoms with van der Waals surface area (Å²) in [6.07, 6.45) is -0.288. The van der Waals surface area contributed by atoms with Gasteiger partial charge in [0, 0.05) is 5.56 Å². The Kier molecular flexibility index (Phi) is 2.95. The van der Waals surface area contributed by atoms with Crippen molar-refractivity contribution in [3.63, 3.8) is 0 Å². The number of para-hydroxylation sites is 1. The molecule has 0 aromatic heterocycles. The normalized spacial score (nSPS) is 12.6. The quantitative estimate of drug-likeness (QED) is 0.773.